The summed E-state index contributed by atoms with van der Waals surface area (Å²) in [6.45, 7) is 0.458. The molecule has 92 valence electrons. The van der Waals surface area contributed by atoms with Gasteiger partial charge in [-0.25, -0.2) is 9.59 Å². The molecule has 1 fully saturated rings. The van der Waals surface area contributed by atoms with Crippen LogP contribution in [0.3, 0.4) is 0 Å². The number of rotatable bonds is 2. The van der Waals surface area contributed by atoms with Gasteiger partial charge in [-0.15, -0.1) is 0 Å². The standard InChI is InChI=1S/C14H13NO3/c1-18-14(17)13-12(9-16)11(8-15-13)7-10-5-3-2-4-6-10/h2-7,13,15H,8H2,1H3/t13-/m0/s1. The Morgan fingerprint density at radius 3 is 2.78 bits per heavy atom. The van der Waals surface area contributed by atoms with Crippen LogP contribution in [0, 0.1) is 0 Å². The molecule has 0 spiro atoms. The van der Waals surface area contributed by atoms with Gasteiger partial charge in [0, 0.05) is 6.54 Å². The average Bonchev–Trinajstić information content (AvgIpc) is 2.81. The number of nitrogens with one attached hydrogen (secondary N) is 1. The number of carbonyl (C=O) groups is 1. The first kappa shape index (κ1) is 12.3. The van der Waals surface area contributed by atoms with Gasteiger partial charge in [0.2, 0.25) is 0 Å². The van der Waals surface area contributed by atoms with E-state index < -0.39 is 12.0 Å². The van der Waals surface area contributed by atoms with Crippen LogP contribution in [0.15, 0.2) is 41.5 Å². The van der Waals surface area contributed by atoms with Gasteiger partial charge in [0.15, 0.2) is 0 Å². The Hall–Kier alpha value is -2.16. The molecule has 1 atom stereocenters. The predicted molar refractivity (Wildman–Crippen MR) is 67.4 cm³/mol. The topological polar surface area (TPSA) is 55.4 Å². The van der Waals surface area contributed by atoms with E-state index in [4.69, 9.17) is 0 Å². The quantitative estimate of drug-likeness (QED) is 0.621. The lowest BCUT2D eigenvalue weighted by Gasteiger charge is -2.06. The van der Waals surface area contributed by atoms with Crippen LogP contribution in [0.4, 0.5) is 0 Å². The minimum Gasteiger partial charge on any atom is -0.468 e. The summed E-state index contributed by atoms with van der Waals surface area (Å²) in [5.74, 6) is 1.37. The summed E-state index contributed by atoms with van der Waals surface area (Å²) in [7, 11) is 1.30. The molecule has 4 nitrogen and oxygen atoms in total. The van der Waals surface area contributed by atoms with Crippen LogP contribution in [0.2, 0.25) is 0 Å². The minimum atomic E-state index is -0.706. The van der Waals surface area contributed by atoms with Crippen molar-refractivity contribution >= 4 is 18.0 Å². The van der Waals surface area contributed by atoms with Crippen molar-refractivity contribution < 1.29 is 14.3 Å². The highest BCUT2D eigenvalue weighted by Gasteiger charge is 2.32. The van der Waals surface area contributed by atoms with Crippen molar-refractivity contribution in [2.24, 2.45) is 0 Å². The maximum absolute atomic E-state index is 11.5. The van der Waals surface area contributed by atoms with Crippen molar-refractivity contribution in [3.05, 3.63) is 47.0 Å². The summed E-state index contributed by atoms with van der Waals surface area (Å²) < 4.78 is 4.64. The fourth-order valence-corrected chi connectivity index (χ4v) is 1.92. The van der Waals surface area contributed by atoms with Gasteiger partial charge >= 0.3 is 5.97 Å². The van der Waals surface area contributed by atoms with Gasteiger partial charge in [0.25, 0.3) is 0 Å². The zero-order chi connectivity index (χ0) is 13.0. The number of ether oxygens (including phenoxy) is 1. The molecule has 1 heterocycles. The summed E-state index contributed by atoms with van der Waals surface area (Å²) in [6.07, 6.45) is 1.87. The first-order valence-electron chi connectivity index (χ1n) is 5.58. The minimum absolute atomic E-state index is 0.325. The number of methoxy groups -OCH3 is 1. The second-order valence-electron chi connectivity index (χ2n) is 3.93. The molecule has 1 aliphatic rings. The zero-order valence-electron chi connectivity index (χ0n) is 9.97. The average molecular weight is 243 g/mol. The van der Waals surface area contributed by atoms with E-state index >= 15 is 0 Å². The van der Waals surface area contributed by atoms with Gasteiger partial charge in [-0.1, -0.05) is 30.3 Å². The Kier molecular flexibility index (Phi) is 3.72. The Morgan fingerprint density at radius 1 is 1.44 bits per heavy atom. The van der Waals surface area contributed by atoms with Gasteiger partial charge in [-0.3, -0.25) is 5.32 Å². The maximum Gasteiger partial charge on any atom is 0.328 e. The van der Waals surface area contributed by atoms with Crippen LogP contribution in [0.5, 0.6) is 0 Å². The molecule has 4 heteroatoms. The van der Waals surface area contributed by atoms with E-state index in [1.54, 1.807) is 0 Å². The molecule has 0 aliphatic carbocycles. The van der Waals surface area contributed by atoms with Crippen LogP contribution >= 0.6 is 0 Å². The molecule has 18 heavy (non-hydrogen) atoms. The molecule has 1 aliphatic heterocycles. The van der Waals surface area contributed by atoms with Gasteiger partial charge < -0.3 is 4.74 Å². The molecule has 1 aromatic rings. The first-order chi connectivity index (χ1) is 8.76. The summed E-state index contributed by atoms with van der Waals surface area (Å²) >= 11 is 0. The van der Waals surface area contributed by atoms with E-state index in [1.807, 2.05) is 42.3 Å². The van der Waals surface area contributed by atoms with Crippen molar-refractivity contribution in [2.75, 3.05) is 13.7 Å². The monoisotopic (exact) mass is 243 g/mol. The SMILES string of the molecule is COC(=O)[C@H]1NCC(=Cc2ccccc2)C1=C=O. The van der Waals surface area contributed by atoms with E-state index in [9.17, 15) is 9.59 Å². The van der Waals surface area contributed by atoms with Gasteiger partial charge in [0.05, 0.1) is 12.7 Å². The highest BCUT2D eigenvalue weighted by Crippen LogP contribution is 2.21. The van der Waals surface area contributed by atoms with Gasteiger partial charge in [-0.2, -0.15) is 0 Å². The molecule has 2 rings (SSSR count). The molecule has 0 aromatic heterocycles. The lowest BCUT2D eigenvalue weighted by atomic mass is 10.0. The lowest BCUT2D eigenvalue weighted by Crippen LogP contribution is -2.33. The number of carbonyl (C=O) groups excluding carboxylic acids is 2. The Morgan fingerprint density at radius 2 is 2.17 bits per heavy atom. The van der Waals surface area contributed by atoms with Crippen LogP contribution in [0.1, 0.15) is 5.56 Å². The summed E-state index contributed by atoms with van der Waals surface area (Å²) in [5.41, 5.74) is 2.07. The van der Waals surface area contributed by atoms with E-state index in [1.165, 1.54) is 7.11 Å². The molecular weight excluding hydrogens is 230 g/mol. The molecule has 0 saturated carbocycles. The molecule has 1 N–H and O–H groups in total. The van der Waals surface area contributed by atoms with Crippen molar-refractivity contribution in [3.8, 4) is 0 Å². The van der Waals surface area contributed by atoms with Crippen LogP contribution in [0.25, 0.3) is 6.08 Å². The van der Waals surface area contributed by atoms with E-state index in [0.29, 0.717) is 12.1 Å². The highest BCUT2D eigenvalue weighted by atomic mass is 16.5. The first-order valence-corrected chi connectivity index (χ1v) is 5.58. The van der Waals surface area contributed by atoms with E-state index in [2.05, 4.69) is 10.1 Å². The predicted octanol–water partition coefficient (Wildman–Crippen LogP) is 0.973. The Labute approximate surface area is 105 Å². The Balaban J connectivity index is 2.29. The number of hydrogen-bond acceptors (Lipinski definition) is 4. The number of esters is 1. The molecule has 0 unspecified atom stereocenters. The van der Waals surface area contributed by atoms with E-state index in [0.717, 1.165) is 11.1 Å². The lowest BCUT2D eigenvalue weighted by molar-refractivity contribution is -0.141. The molecule has 1 aromatic carbocycles. The third-order valence-corrected chi connectivity index (χ3v) is 2.82. The smallest absolute Gasteiger partial charge is 0.328 e. The zero-order valence-corrected chi connectivity index (χ0v) is 9.97. The van der Waals surface area contributed by atoms with E-state index in [-0.39, 0.29) is 0 Å². The van der Waals surface area contributed by atoms with Crippen molar-refractivity contribution in [2.45, 2.75) is 6.04 Å². The normalized spacial score (nSPS) is 20.8. The Bertz CT molecular complexity index is 527. The highest BCUT2D eigenvalue weighted by molar-refractivity contribution is 5.88. The molecule has 0 bridgehead atoms. The van der Waals surface area contributed by atoms with Crippen LogP contribution in [-0.4, -0.2) is 31.6 Å². The summed E-state index contributed by atoms with van der Waals surface area (Å²) in [4.78, 5) is 22.5. The molecule has 0 amide bonds. The second-order valence-corrected chi connectivity index (χ2v) is 3.93. The molecule has 0 radical (unpaired) electrons. The summed E-state index contributed by atoms with van der Waals surface area (Å²) in [6, 6.07) is 8.90. The van der Waals surface area contributed by atoms with Crippen LogP contribution < -0.4 is 5.32 Å². The van der Waals surface area contributed by atoms with Gasteiger partial charge in [0.1, 0.15) is 12.0 Å². The largest absolute Gasteiger partial charge is 0.468 e. The number of hydrogen-bond donors (Lipinski definition) is 1. The molecular formula is C14H13NO3. The van der Waals surface area contributed by atoms with Crippen molar-refractivity contribution in [1.29, 1.82) is 0 Å². The summed E-state index contributed by atoms with van der Waals surface area (Å²) in [5, 5.41) is 2.94. The van der Waals surface area contributed by atoms with Gasteiger partial charge in [-0.05, 0) is 17.2 Å². The second kappa shape index (κ2) is 5.45. The third-order valence-electron chi connectivity index (χ3n) is 2.82. The van der Waals surface area contributed by atoms with Crippen molar-refractivity contribution in [1.82, 2.24) is 5.32 Å². The molecule has 1 saturated heterocycles. The van der Waals surface area contributed by atoms with Crippen molar-refractivity contribution in [3.63, 3.8) is 0 Å². The fraction of sp³-hybridized carbons (Fsp3) is 0.214. The number of benzene rings is 1. The third kappa shape index (κ3) is 2.40. The maximum atomic E-state index is 11.5. The van der Waals surface area contributed by atoms with Crippen LogP contribution in [-0.2, 0) is 14.3 Å². The fourth-order valence-electron chi connectivity index (χ4n) is 1.92.